The lowest BCUT2D eigenvalue weighted by atomic mass is 9.97. The van der Waals surface area contributed by atoms with Gasteiger partial charge in [-0.3, -0.25) is 9.69 Å². The molecular weight excluding hydrogens is 560 g/mol. The fourth-order valence-electron chi connectivity index (χ4n) is 4.75. The van der Waals surface area contributed by atoms with Gasteiger partial charge in [0.25, 0.3) is 0 Å². The van der Waals surface area contributed by atoms with Crippen LogP contribution in [0.5, 0.6) is 11.5 Å². The second-order valence-corrected chi connectivity index (χ2v) is 12.0. The average Bonchev–Trinajstić information content (AvgIpc) is 3.05. The number of carbonyl (C=O) groups excluding carboxylic acids is 1. The van der Waals surface area contributed by atoms with E-state index in [9.17, 15) is 4.79 Å². The smallest absolute Gasteiger partial charge is 0.223 e. The lowest BCUT2D eigenvalue weighted by Gasteiger charge is -2.24. The van der Waals surface area contributed by atoms with E-state index in [1.807, 2.05) is 36.4 Å². The Morgan fingerprint density at radius 1 is 0.822 bits per heavy atom. The number of likely N-dealkylation sites (N-methyl/N-ethyl adjacent to an activating group) is 1. The van der Waals surface area contributed by atoms with Crippen LogP contribution in [-0.2, 0) is 11.3 Å². The molecule has 0 bridgehead atoms. The second kappa shape index (κ2) is 22.2. The van der Waals surface area contributed by atoms with Crippen molar-refractivity contribution in [2.24, 2.45) is 5.92 Å². The van der Waals surface area contributed by atoms with Gasteiger partial charge < -0.3 is 25.0 Å². The fourth-order valence-corrected chi connectivity index (χ4v) is 4.75. The molecule has 1 aliphatic rings. The minimum Gasteiger partial charge on any atom is -0.497 e. The Balaban J connectivity index is 0.000000261. The van der Waals surface area contributed by atoms with E-state index in [4.69, 9.17) is 9.47 Å². The van der Waals surface area contributed by atoms with Crippen molar-refractivity contribution in [3.8, 4) is 11.5 Å². The van der Waals surface area contributed by atoms with Crippen molar-refractivity contribution in [2.45, 2.75) is 53.5 Å². The van der Waals surface area contributed by atoms with Gasteiger partial charge in [0.05, 0.1) is 13.7 Å². The molecule has 0 radical (unpaired) electrons. The predicted molar refractivity (Wildman–Crippen MR) is 188 cm³/mol. The van der Waals surface area contributed by atoms with Crippen LogP contribution in [-0.4, -0.2) is 82.8 Å². The summed E-state index contributed by atoms with van der Waals surface area (Å²) >= 11 is 0. The molecule has 1 amide bonds. The maximum Gasteiger partial charge on any atom is 0.223 e. The highest BCUT2D eigenvalue weighted by atomic mass is 16.5. The van der Waals surface area contributed by atoms with Crippen LogP contribution >= 0.6 is 0 Å². The number of nitrogens with one attached hydrogen (secondary N) is 2. The number of benzene rings is 3. The van der Waals surface area contributed by atoms with Crippen molar-refractivity contribution in [3.05, 3.63) is 95.1 Å². The Hall–Kier alpha value is -3.39. The first-order valence-electron chi connectivity index (χ1n) is 16.4. The van der Waals surface area contributed by atoms with Crippen LogP contribution < -0.4 is 20.1 Å². The normalized spacial score (nSPS) is 12.9. The summed E-state index contributed by atoms with van der Waals surface area (Å²) in [6, 6.07) is 24.8. The summed E-state index contributed by atoms with van der Waals surface area (Å²) in [5, 5.41) is 6.40. The highest BCUT2D eigenvalue weighted by Crippen LogP contribution is 2.13. The number of nitrogens with zero attached hydrogens (tertiary/aromatic N) is 2. The van der Waals surface area contributed by atoms with Crippen molar-refractivity contribution in [1.82, 2.24) is 20.4 Å². The number of piperidine rings is 1. The maximum absolute atomic E-state index is 12.1. The quantitative estimate of drug-likeness (QED) is 0.221. The van der Waals surface area contributed by atoms with Gasteiger partial charge in [0.15, 0.2) is 0 Å². The van der Waals surface area contributed by atoms with Gasteiger partial charge in [0.2, 0.25) is 5.91 Å². The molecule has 0 atom stereocenters. The lowest BCUT2D eigenvalue weighted by Crippen LogP contribution is -2.41. The van der Waals surface area contributed by atoms with Gasteiger partial charge in [0, 0.05) is 32.1 Å². The van der Waals surface area contributed by atoms with Crippen molar-refractivity contribution in [3.63, 3.8) is 0 Å². The van der Waals surface area contributed by atoms with Crippen molar-refractivity contribution >= 4 is 5.91 Å². The molecule has 0 spiro atoms. The molecule has 3 aromatic carbocycles. The second-order valence-electron chi connectivity index (χ2n) is 12.0. The van der Waals surface area contributed by atoms with Crippen LogP contribution in [0.3, 0.4) is 0 Å². The van der Waals surface area contributed by atoms with Crippen molar-refractivity contribution < 1.29 is 14.3 Å². The maximum atomic E-state index is 12.1. The minimum atomic E-state index is 0.202. The summed E-state index contributed by atoms with van der Waals surface area (Å²) < 4.78 is 10.6. The Morgan fingerprint density at radius 3 is 1.87 bits per heavy atom. The Kier molecular flexibility index (Phi) is 18.6. The zero-order chi connectivity index (χ0) is 32.9. The first kappa shape index (κ1) is 37.8. The molecule has 0 unspecified atom stereocenters. The zero-order valence-electron chi connectivity index (χ0n) is 28.9. The summed E-state index contributed by atoms with van der Waals surface area (Å²) in [5.74, 6) is 2.32. The minimum absolute atomic E-state index is 0.202. The van der Waals surface area contributed by atoms with Crippen LogP contribution in [0.4, 0.5) is 0 Å². The molecule has 45 heavy (non-hydrogen) atoms. The monoisotopic (exact) mass is 618 g/mol. The van der Waals surface area contributed by atoms with Gasteiger partial charge >= 0.3 is 0 Å². The summed E-state index contributed by atoms with van der Waals surface area (Å²) in [6.45, 7) is 15.8. The third-order valence-electron chi connectivity index (χ3n) is 7.71. The van der Waals surface area contributed by atoms with E-state index in [1.165, 1.54) is 22.3 Å². The lowest BCUT2D eigenvalue weighted by molar-refractivity contribution is -0.125. The van der Waals surface area contributed by atoms with Crippen molar-refractivity contribution in [2.75, 3.05) is 67.1 Å². The van der Waals surface area contributed by atoms with Crippen LogP contribution in [0.2, 0.25) is 0 Å². The molecule has 2 N–H and O–H groups in total. The third-order valence-corrected chi connectivity index (χ3v) is 7.71. The number of ether oxygens (including phenoxy) is 2. The average molecular weight is 619 g/mol. The Morgan fingerprint density at radius 2 is 1.36 bits per heavy atom. The third kappa shape index (κ3) is 17.0. The highest BCUT2D eigenvalue weighted by Gasteiger charge is 2.20. The number of aryl methyl sites for hydroxylation is 3. The Labute approximate surface area is 273 Å². The molecule has 0 aromatic heterocycles. The van der Waals surface area contributed by atoms with Gasteiger partial charge in [-0.1, -0.05) is 72.1 Å². The van der Waals surface area contributed by atoms with E-state index >= 15 is 0 Å². The summed E-state index contributed by atoms with van der Waals surface area (Å²) in [4.78, 5) is 16.6. The van der Waals surface area contributed by atoms with Crippen LogP contribution in [0.15, 0.2) is 72.8 Å². The van der Waals surface area contributed by atoms with Gasteiger partial charge in [-0.2, -0.15) is 0 Å². The van der Waals surface area contributed by atoms with Gasteiger partial charge in [0.1, 0.15) is 11.5 Å². The van der Waals surface area contributed by atoms with E-state index in [1.54, 1.807) is 7.11 Å². The zero-order valence-corrected chi connectivity index (χ0v) is 28.9. The standard InChI is InChI=1S/C18H29N3O.C12H19NO.C8H10O/c1-3-21(14-16-6-4-15(2)5-7-16)13-12-20-18(22)17-8-10-19-11-9-17;1-11-5-7-12(8-6-11)14-10-4-9-13(2)3;1-7-3-5-8(9-2)6-4-7/h4-7,17,19H,3,8-14H2,1-2H3,(H,20,22);5-8H,4,9-10H2,1-3H3;3-6H,1-2H3. The first-order valence-corrected chi connectivity index (χ1v) is 16.4. The van der Waals surface area contributed by atoms with Gasteiger partial charge in [-0.05, 0) is 104 Å². The number of amides is 1. The van der Waals surface area contributed by atoms with Gasteiger partial charge in [-0.15, -0.1) is 0 Å². The molecule has 7 nitrogen and oxygen atoms in total. The molecule has 1 fully saturated rings. The highest BCUT2D eigenvalue weighted by molar-refractivity contribution is 5.78. The molecular formula is C38H58N4O3. The molecule has 1 heterocycles. The molecule has 0 aliphatic carbocycles. The van der Waals surface area contributed by atoms with Crippen LogP contribution in [0, 0.1) is 26.7 Å². The van der Waals surface area contributed by atoms with Crippen LogP contribution in [0.1, 0.15) is 48.4 Å². The van der Waals surface area contributed by atoms with E-state index in [2.05, 4.69) is 98.6 Å². The van der Waals surface area contributed by atoms with Crippen molar-refractivity contribution in [1.29, 1.82) is 0 Å². The molecule has 7 heteroatoms. The van der Waals surface area contributed by atoms with Crippen LogP contribution in [0.25, 0.3) is 0 Å². The number of methoxy groups -OCH3 is 1. The van der Waals surface area contributed by atoms with Gasteiger partial charge in [-0.25, -0.2) is 0 Å². The van der Waals surface area contributed by atoms with E-state index in [0.29, 0.717) is 0 Å². The summed E-state index contributed by atoms with van der Waals surface area (Å²) in [6.07, 6.45) is 3.00. The Bertz CT molecular complexity index is 1180. The number of hydrogen-bond donors (Lipinski definition) is 2. The molecule has 3 aromatic rings. The topological polar surface area (TPSA) is 66.1 Å². The predicted octanol–water partition coefficient (Wildman–Crippen LogP) is 6.26. The van der Waals surface area contributed by atoms with E-state index < -0.39 is 0 Å². The fraction of sp³-hybridized carbons (Fsp3) is 0.500. The molecule has 1 aliphatic heterocycles. The first-order chi connectivity index (χ1) is 21.7. The largest absolute Gasteiger partial charge is 0.497 e. The number of rotatable bonds is 13. The van der Waals surface area contributed by atoms with E-state index in [0.717, 1.165) is 83.2 Å². The summed E-state index contributed by atoms with van der Waals surface area (Å²) in [5.41, 5.74) is 5.15. The SMILES string of the molecule is CCN(CCNC(=O)C1CCNCC1)Cc1ccc(C)cc1.COc1ccc(C)cc1.Cc1ccc(OCCCN(C)C)cc1. The van der Waals surface area contributed by atoms with E-state index in [-0.39, 0.29) is 11.8 Å². The molecule has 4 rings (SSSR count). The molecule has 248 valence electrons. The number of carbonyl (C=O) groups is 1. The molecule has 1 saturated heterocycles. The number of hydrogen-bond acceptors (Lipinski definition) is 6. The molecule has 0 saturated carbocycles. The summed E-state index contributed by atoms with van der Waals surface area (Å²) in [7, 11) is 5.82.